The average molecular weight is 453 g/mol. The number of rotatable bonds is 5. The van der Waals surface area contributed by atoms with Crippen LogP contribution in [0.3, 0.4) is 0 Å². The molecule has 0 unspecified atom stereocenters. The zero-order valence-corrected chi connectivity index (χ0v) is 19.5. The number of aryl methyl sites for hydroxylation is 2. The molecule has 1 aliphatic heterocycles. The predicted molar refractivity (Wildman–Crippen MR) is 123 cm³/mol. The van der Waals surface area contributed by atoms with Crippen LogP contribution in [0, 0.1) is 19.8 Å². The Morgan fingerprint density at radius 1 is 1.03 bits per heavy atom. The minimum absolute atomic E-state index is 0.0388. The maximum Gasteiger partial charge on any atom is 0.253 e. The molecule has 3 aromatic rings. The van der Waals surface area contributed by atoms with Gasteiger partial charge in [0.2, 0.25) is 5.89 Å². The minimum Gasteiger partial charge on any atom is -0.441 e. The Hall–Kier alpha value is -2.93. The molecule has 0 atom stereocenters. The van der Waals surface area contributed by atoms with Crippen molar-refractivity contribution >= 4 is 15.7 Å². The third kappa shape index (κ3) is 4.78. The Labute approximate surface area is 189 Å². The second-order valence-electron chi connectivity index (χ2n) is 8.65. The number of amides is 1. The summed E-state index contributed by atoms with van der Waals surface area (Å²) in [6, 6.07) is 13.9. The smallest absolute Gasteiger partial charge is 0.253 e. The fraction of sp³-hybridized carbons (Fsp3) is 0.360. The third-order valence-corrected chi connectivity index (χ3v) is 7.69. The number of nitrogens with zero attached hydrogens (tertiary/aromatic N) is 2. The average Bonchev–Trinajstić information content (AvgIpc) is 3.14. The van der Waals surface area contributed by atoms with Gasteiger partial charge in [0.25, 0.3) is 5.91 Å². The van der Waals surface area contributed by atoms with Gasteiger partial charge in [0.15, 0.2) is 9.84 Å². The molecule has 2 aromatic carbocycles. The fourth-order valence-electron chi connectivity index (χ4n) is 3.84. The molecule has 32 heavy (non-hydrogen) atoms. The molecule has 1 aliphatic rings. The van der Waals surface area contributed by atoms with Crippen LogP contribution in [-0.4, -0.2) is 37.3 Å². The molecule has 0 radical (unpaired) electrons. The van der Waals surface area contributed by atoms with E-state index in [0.29, 0.717) is 34.4 Å². The molecule has 0 spiro atoms. The highest BCUT2D eigenvalue weighted by atomic mass is 32.2. The molecule has 0 N–H and O–H groups in total. The van der Waals surface area contributed by atoms with E-state index in [4.69, 9.17) is 4.42 Å². The summed E-state index contributed by atoms with van der Waals surface area (Å²) >= 11 is 0. The van der Waals surface area contributed by atoms with Crippen LogP contribution in [0.2, 0.25) is 0 Å². The van der Waals surface area contributed by atoms with Crippen molar-refractivity contribution in [3.8, 4) is 11.5 Å². The molecule has 0 saturated carbocycles. The van der Waals surface area contributed by atoms with E-state index >= 15 is 0 Å². The molecule has 1 fully saturated rings. The highest BCUT2D eigenvalue weighted by Crippen LogP contribution is 2.26. The summed E-state index contributed by atoms with van der Waals surface area (Å²) < 4.78 is 31.3. The molecular weight excluding hydrogens is 424 g/mol. The first-order valence-corrected chi connectivity index (χ1v) is 12.5. The molecule has 1 amide bonds. The highest BCUT2D eigenvalue weighted by molar-refractivity contribution is 7.90. The van der Waals surface area contributed by atoms with Crippen molar-refractivity contribution in [2.24, 2.45) is 5.92 Å². The van der Waals surface area contributed by atoms with Crippen molar-refractivity contribution in [3.63, 3.8) is 0 Å². The van der Waals surface area contributed by atoms with E-state index in [9.17, 15) is 13.2 Å². The molecule has 0 aliphatic carbocycles. The Balaban J connectivity index is 1.50. The van der Waals surface area contributed by atoms with Gasteiger partial charge in [-0.1, -0.05) is 24.6 Å². The summed E-state index contributed by atoms with van der Waals surface area (Å²) in [6.45, 7) is 7.43. The van der Waals surface area contributed by atoms with Crippen LogP contribution in [0.15, 0.2) is 57.8 Å². The number of hydrogen-bond acceptors (Lipinski definition) is 5. The van der Waals surface area contributed by atoms with Crippen molar-refractivity contribution in [2.45, 2.75) is 44.3 Å². The lowest BCUT2D eigenvalue weighted by Gasteiger charge is -2.30. The van der Waals surface area contributed by atoms with E-state index in [1.807, 2.05) is 11.8 Å². The van der Waals surface area contributed by atoms with Crippen molar-refractivity contribution in [1.29, 1.82) is 0 Å². The van der Waals surface area contributed by atoms with Crippen molar-refractivity contribution in [1.82, 2.24) is 9.88 Å². The number of carbonyl (C=O) groups excluding carboxylic acids is 1. The topological polar surface area (TPSA) is 80.5 Å². The molecular formula is C25H28N2O4S. The first-order chi connectivity index (χ1) is 15.2. The highest BCUT2D eigenvalue weighted by Gasteiger charge is 2.23. The zero-order valence-electron chi connectivity index (χ0n) is 18.7. The van der Waals surface area contributed by atoms with Crippen molar-refractivity contribution < 1.29 is 17.6 Å². The summed E-state index contributed by atoms with van der Waals surface area (Å²) in [6.07, 6.45) is 2.07. The quantitative estimate of drug-likeness (QED) is 0.555. The first-order valence-electron chi connectivity index (χ1n) is 10.9. The maximum atomic E-state index is 12.8. The monoisotopic (exact) mass is 452 g/mol. The van der Waals surface area contributed by atoms with Gasteiger partial charge in [-0.25, -0.2) is 13.4 Å². The molecule has 0 bridgehead atoms. The number of oxazole rings is 1. The van der Waals surface area contributed by atoms with Gasteiger partial charge in [-0.05, 0) is 69.0 Å². The van der Waals surface area contributed by atoms with Gasteiger partial charge in [0.1, 0.15) is 11.5 Å². The number of likely N-dealkylation sites (tertiary alicyclic amines) is 1. The van der Waals surface area contributed by atoms with Gasteiger partial charge in [0, 0.05) is 24.2 Å². The zero-order chi connectivity index (χ0) is 22.9. The Morgan fingerprint density at radius 2 is 1.66 bits per heavy atom. The van der Waals surface area contributed by atoms with Crippen LogP contribution in [0.1, 0.15) is 47.1 Å². The summed E-state index contributed by atoms with van der Waals surface area (Å²) in [5.41, 5.74) is 2.73. The predicted octanol–water partition coefficient (Wildman–Crippen LogP) is 4.80. The number of hydrogen-bond donors (Lipinski definition) is 0. The summed E-state index contributed by atoms with van der Waals surface area (Å²) in [5, 5.41) is 0. The minimum atomic E-state index is -3.53. The molecule has 6 nitrogen and oxygen atoms in total. The molecule has 4 rings (SSSR count). The molecule has 7 heteroatoms. The number of piperidine rings is 1. The third-order valence-electron chi connectivity index (χ3n) is 6.05. The van der Waals surface area contributed by atoms with Crippen LogP contribution >= 0.6 is 0 Å². The Kier molecular flexibility index (Phi) is 6.20. The molecule has 1 saturated heterocycles. The van der Waals surface area contributed by atoms with Gasteiger partial charge in [-0.15, -0.1) is 0 Å². The van der Waals surface area contributed by atoms with Crippen molar-refractivity contribution in [2.75, 3.05) is 13.1 Å². The van der Waals surface area contributed by atoms with E-state index in [2.05, 4.69) is 11.9 Å². The summed E-state index contributed by atoms with van der Waals surface area (Å²) in [7, 11) is -3.53. The first kappa shape index (κ1) is 22.3. The van der Waals surface area contributed by atoms with Crippen LogP contribution in [0.25, 0.3) is 11.5 Å². The Morgan fingerprint density at radius 3 is 2.28 bits per heavy atom. The van der Waals surface area contributed by atoms with E-state index < -0.39 is 9.84 Å². The second kappa shape index (κ2) is 8.90. The van der Waals surface area contributed by atoms with Gasteiger partial charge >= 0.3 is 0 Å². The number of carbonyl (C=O) groups is 1. The molecule has 2 heterocycles. The second-order valence-corrected chi connectivity index (χ2v) is 10.6. The Bertz CT molecular complexity index is 1200. The lowest BCUT2D eigenvalue weighted by atomic mass is 9.98. The standard InChI is InChI=1S/C25H28N2O4S/c1-17-4-10-22(11-5-17)32(29,30)16-23-19(3)31-24(26-23)20-6-8-21(9-7-20)25(28)27-14-12-18(2)13-15-27/h4-11,18H,12-16H2,1-3H3. The molecule has 168 valence electrons. The van der Waals surface area contributed by atoms with Crippen LogP contribution < -0.4 is 0 Å². The van der Waals surface area contributed by atoms with Gasteiger partial charge in [-0.2, -0.15) is 0 Å². The molecule has 1 aromatic heterocycles. The summed E-state index contributed by atoms with van der Waals surface area (Å²) in [4.78, 5) is 19.4. The number of aromatic nitrogens is 1. The largest absolute Gasteiger partial charge is 0.441 e. The summed E-state index contributed by atoms with van der Waals surface area (Å²) in [5.74, 6) is 1.30. The van der Waals surface area contributed by atoms with E-state index in [0.717, 1.165) is 31.5 Å². The van der Waals surface area contributed by atoms with Gasteiger partial charge in [0.05, 0.1) is 10.6 Å². The van der Waals surface area contributed by atoms with Gasteiger partial charge < -0.3 is 9.32 Å². The SMILES string of the molecule is Cc1ccc(S(=O)(=O)Cc2nc(-c3ccc(C(=O)N4CCC(C)CC4)cc3)oc2C)cc1. The van der Waals surface area contributed by atoms with E-state index in [1.165, 1.54) is 0 Å². The lowest BCUT2D eigenvalue weighted by molar-refractivity contribution is 0.0697. The lowest BCUT2D eigenvalue weighted by Crippen LogP contribution is -2.37. The number of benzene rings is 2. The normalized spacial score (nSPS) is 15.2. The number of sulfone groups is 1. The van der Waals surface area contributed by atoms with E-state index in [-0.39, 0.29) is 16.6 Å². The van der Waals surface area contributed by atoms with Crippen molar-refractivity contribution in [3.05, 3.63) is 71.1 Å². The fourth-order valence-corrected chi connectivity index (χ4v) is 5.19. The van der Waals surface area contributed by atoms with Crippen LogP contribution in [0.4, 0.5) is 0 Å². The van der Waals surface area contributed by atoms with Gasteiger partial charge in [-0.3, -0.25) is 4.79 Å². The van der Waals surface area contributed by atoms with Crippen LogP contribution in [-0.2, 0) is 15.6 Å². The van der Waals surface area contributed by atoms with Crippen LogP contribution in [0.5, 0.6) is 0 Å². The van der Waals surface area contributed by atoms with E-state index in [1.54, 1.807) is 55.5 Å². The maximum absolute atomic E-state index is 12.8.